The molecule has 1 heterocycles. The fourth-order valence-electron chi connectivity index (χ4n) is 1.69. The van der Waals surface area contributed by atoms with Crippen LogP contribution in [0.2, 0.25) is 0 Å². The molecule has 0 bridgehead atoms. The van der Waals surface area contributed by atoms with Gasteiger partial charge >= 0.3 is 6.09 Å². The number of aromatic nitrogens is 1. The third-order valence-corrected chi connectivity index (χ3v) is 3.41. The van der Waals surface area contributed by atoms with Crippen molar-refractivity contribution in [3.8, 4) is 17.0 Å². The van der Waals surface area contributed by atoms with Gasteiger partial charge in [-0.2, -0.15) is 0 Å². The predicted molar refractivity (Wildman–Crippen MR) is 91.3 cm³/mol. The molecular weight excluding hydrogens is 379 g/mol. The van der Waals surface area contributed by atoms with E-state index in [9.17, 15) is 4.79 Å². The van der Waals surface area contributed by atoms with E-state index in [2.05, 4.69) is 32.9 Å². The van der Waals surface area contributed by atoms with Gasteiger partial charge < -0.3 is 10.1 Å². The Morgan fingerprint density at radius 3 is 2.48 bits per heavy atom. The highest BCUT2D eigenvalue weighted by atomic mass is 127. The number of nitrogens with one attached hydrogen (secondary N) is 1. The summed E-state index contributed by atoms with van der Waals surface area (Å²) in [5.74, 6) is 0.456. The molecule has 1 N–H and O–H groups in total. The van der Waals surface area contributed by atoms with Gasteiger partial charge in [0.25, 0.3) is 0 Å². The zero-order chi connectivity index (χ0) is 15.5. The topological polar surface area (TPSA) is 51.2 Å². The summed E-state index contributed by atoms with van der Waals surface area (Å²) in [4.78, 5) is 16.1. The molecule has 2 aromatic rings. The molecule has 1 amide bonds. The van der Waals surface area contributed by atoms with E-state index < -0.39 is 6.09 Å². The molecule has 2 rings (SSSR count). The molecule has 0 saturated heterocycles. The molecule has 0 radical (unpaired) electrons. The summed E-state index contributed by atoms with van der Waals surface area (Å²) in [7, 11) is 0. The average Bonchev–Trinajstić information content (AvgIpc) is 2.40. The summed E-state index contributed by atoms with van der Waals surface area (Å²) in [6.45, 7) is 5.70. The minimum absolute atomic E-state index is 0.333. The molecule has 0 atom stereocenters. The normalized spacial score (nSPS) is 11.0. The highest BCUT2D eigenvalue weighted by molar-refractivity contribution is 14.1. The maximum absolute atomic E-state index is 11.8. The van der Waals surface area contributed by atoms with Crippen LogP contribution in [0.5, 0.6) is 5.75 Å². The van der Waals surface area contributed by atoms with E-state index in [1.807, 2.05) is 57.2 Å². The van der Waals surface area contributed by atoms with Gasteiger partial charge in [0.05, 0.1) is 15.5 Å². The largest absolute Gasteiger partial charge is 0.413 e. The van der Waals surface area contributed by atoms with Crippen LogP contribution in [0, 0.1) is 3.57 Å². The molecule has 4 nitrogen and oxygen atoms in total. The van der Waals surface area contributed by atoms with Gasteiger partial charge in [-0.15, -0.1) is 0 Å². The molecule has 0 unspecified atom stereocenters. The van der Waals surface area contributed by atoms with E-state index >= 15 is 0 Å². The van der Waals surface area contributed by atoms with Gasteiger partial charge in [0.15, 0.2) is 5.75 Å². The molecule has 1 aromatic carbocycles. The molecule has 1 aromatic heterocycles. The summed E-state index contributed by atoms with van der Waals surface area (Å²) < 4.78 is 6.13. The lowest BCUT2D eigenvalue weighted by molar-refractivity contribution is 0.190. The average molecular weight is 396 g/mol. The van der Waals surface area contributed by atoms with Crippen LogP contribution in [0.1, 0.15) is 20.8 Å². The number of nitrogens with zero attached hydrogens (tertiary/aromatic N) is 1. The highest BCUT2D eigenvalue weighted by Gasteiger charge is 2.16. The Morgan fingerprint density at radius 1 is 1.24 bits per heavy atom. The van der Waals surface area contributed by atoms with Crippen LogP contribution in [0.3, 0.4) is 0 Å². The Kier molecular flexibility index (Phi) is 4.82. The van der Waals surface area contributed by atoms with Crippen molar-refractivity contribution in [1.82, 2.24) is 10.3 Å². The minimum Gasteiger partial charge on any atom is -0.408 e. The van der Waals surface area contributed by atoms with Crippen molar-refractivity contribution in [3.05, 3.63) is 46.2 Å². The summed E-state index contributed by atoms with van der Waals surface area (Å²) in [5, 5.41) is 2.75. The lowest BCUT2D eigenvalue weighted by atomic mass is 10.1. The summed E-state index contributed by atoms with van der Waals surface area (Å²) in [6, 6.07) is 11.8. The molecule has 21 heavy (non-hydrogen) atoms. The van der Waals surface area contributed by atoms with Crippen molar-refractivity contribution in [3.63, 3.8) is 0 Å². The second kappa shape index (κ2) is 6.43. The van der Waals surface area contributed by atoms with Gasteiger partial charge in [0.1, 0.15) is 0 Å². The molecule has 0 aliphatic rings. The minimum atomic E-state index is -0.477. The summed E-state index contributed by atoms with van der Waals surface area (Å²) in [5.41, 5.74) is 1.55. The Labute approximate surface area is 138 Å². The van der Waals surface area contributed by atoms with E-state index in [0.717, 1.165) is 14.8 Å². The molecule has 0 spiro atoms. The smallest absolute Gasteiger partial charge is 0.408 e. The van der Waals surface area contributed by atoms with Crippen LogP contribution in [-0.4, -0.2) is 16.6 Å². The Balaban J connectivity index is 2.15. The molecule has 0 saturated carbocycles. The molecule has 5 heteroatoms. The number of pyridine rings is 1. The van der Waals surface area contributed by atoms with Crippen LogP contribution in [-0.2, 0) is 0 Å². The van der Waals surface area contributed by atoms with E-state index in [-0.39, 0.29) is 5.54 Å². The zero-order valence-electron chi connectivity index (χ0n) is 12.2. The van der Waals surface area contributed by atoms with E-state index in [4.69, 9.17) is 4.74 Å². The van der Waals surface area contributed by atoms with E-state index in [1.165, 1.54) is 0 Å². The quantitative estimate of drug-likeness (QED) is 0.773. The third kappa shape index (κ3) is 4.70. The fraction of sp³-hybridized carbons (Fsp3) is 0.250. The third-order valence-electron chi connectivity index (χ3n) is 2.57. The predicted octanol–water partition coefficient (Wildman–Crippen LogP) is 4.24. The summed E-state index contributed by atoms with van der Waals surface area (Å²) >= 11 is 2.14. The van der Waals surface area contributed by atoms with Gasteiger partial charge in [0, 0.05) is 11.1 Å². The van der Waals surface area contributed by atoms with Crippen molar-refractivity contribution in [2.75, 3.05) is 0 Å². The number of carbonyl (C=O) groups is 1. The lowest BCUT2D eigenvalue weighted by Gasteiger charge is -2.20. The molecule has 0 fully saturated rings. The van der Waals surface area contributed by atoms with Gasteiger partial charge in [-0.25, -0.2) is 4.79 Å². The van der Waals surface area contributed by atoms with Crippen LogP contribution in [0.25, 0.3) is 11.3 Å². The molecule has 110 valence electrons. The van der Waals surface area contributed by atoms with Gasteiger partial charge in [-0.1, -0.05) is 30.3 Å². The number of hydrogen-bond donors (Lipinski definition) is 1. The van der Waals surface area contributed by atoms with Gasteiger partial charge in [0.2, 0.25) is 0 Å². The zero-order valence-corrected chi connectivity index (χ0v) is 14.3. The van der Waals surface area contributed by atoms with Crippen molar-refractivity contribution < 1.29 is 9.53 Å². The van der Waals surface area contributed by atoms with Crippen LogP contribution < -0.4 is 10.1 Å². The first-order valence-electron chi connectivity index (χ1n) is 6.56. The number of hydrogen-bond acceptors (Lipinski definition) is 3. The first-order valence-corrected chi connectivity index (χ1v) is 7.64. The van der Waals surface area contributed by atoms with Crippen molar-refractivity contribution >= 4 is 28.7 Å². The Morgan fingerprint density at radius 2 is 1.90 bits per heavy atom. The lowest BCUT2D eigenvalue weighted by Crippen LogP contribution is -2.42. The Bertz CT molecular complexity index is 636. The van der Waals surface area contributed by atoms with Crippen molar-refractivity contribution in [2.24, 2.45) is 0 Å². The first kappa shape index (κ1) is 15.8. The number of halogens is 1. The number of amides is 1. The second-order valence-electron chi connectivity index (χ2n) is 5.63. The van der Waals surface area contributed by atoms with Crippen molar-refractivity contribution in [2.45, 2.75) is 26.3 Å². The van der Waals surface area contributed by atoms with Crippen molar-refractivity contribution in [1.29, 1.82) is 0 Å². The standard InChI is InChI=1S/C16H17IN2O2/c1-16(2,3)19-15(20)21-14-10-18-13(9-12(14)17)11-7-5-4-6-8-11/h4-10H,1-3H3,(H,19,20). The van der Waals surface area contributed by atoms with Gasteiger partial charge in [-0.3, -0.25) is 4.98 Å². The van der Waals surface area contributed by atoms with Crippen LogP contribution in [0.15, 0.2) is 42.6 Å². The fourth-order valence-corrected chi connectivity index (χ4v) is 2.24. The monoisotopic (exact) mass is 396 g/mol. The molecule has 0 aliphatic heterocycles. The van der Waals surface area contributed by atoms with Gasteiger partial charge in [-0.05, 0) is 49.4 Å². The Hall–Kier alpha value is -1.63. The SMILES string of the molecule is CC(C)(C)NC(=O)Oc1cnc(-c2ccccc2)cc1I. The number of rotatable bonds is 2. The molecule has 0 aliphatic carbocycles. The van der Waals surface area contributed by atoms with E-state index in [0.29, 0.717) is 5.75 Å². The number of carbonyl (C=O) groups excluding carboxylic acids is 1. The van der Waals surface area contributed by atoms with E-state index in [1.54, 1.807) is 6.20 Å². The van der Waals surface area contributed by atoms with Crippen LogP contribution in [0.4, 0.5) is 4.79 Å². The van der Waals surface area contributed by atoms with Crippen LogP contribution >= 0.6 is 22.6 Å². The second-order valence-corrected chi connectivity index (χ2v) is 6.79. The maximum atomic E-state index is 11.8. The number of ether oxygens (including phenoxy) is 1. The first-order chi connectivity index (χ1) is 9.85. The maximum Gasteiger partial charge on any atom is 0.413 e. The number of benzene rings is 1. The highest BCUT2D eigenvalue weighted by Crippen LogP contribution is 2.25. The molecular formula is C16H17IN2O2. The summed E-state index contributed by atoms with van der Waals surface area (Å²) in [6.07, 6.45) is 1.10.